The maximum Gasteiger partial charge on any atom is 0.254 e. The van der Waals surface area contributed by atoms with Crippen LogP contribution in [0, 0.1) is 0 Å². The Hall–Kier alpha value is -2.06. The van der Waals surface area contributed by atoms with Gasteiger partial charge in [0.05, 0.1) is 30.9 Å². The molecule has 0 spiro atoms. The van der Waals surface area contributed by atoms with E-state index in [0.717, 1.165) is 10.9 Å². The number of pyridine rings is 1. The molecule has 26 heavy (non-hydrogen) atoms. The van der Waals surface area contributed by atoms with Gasteiger partial charge in [-0.3, -0.25) is 14.7 Å². The first-order chi connectivity index (χ1) is 12.6. The highest BCUT2D eigenvalue weighted by atomic mass is 16.5. The van der Waals surface area contributed by atoms with Gasteiger partial charge < -0.3 is 19.8 Å². The molecule has 0 saturated carbocycles. The number of nitrogens with zero attached hydrogens (tertiary/aromatic N) is 3. The molecule has 0 unspecified atom stereocenters. The van der Waals surface area contributed by atoms with Crippen molar-refractivity contribution in [1.29, 1.82) is 0 Å². The Bertz CT molecular complexity index is 786. The third-order valence-electron chi connectivity index (χ3n) is 5.31. The second kappa shape index (κ2) is 7.28. The molecular weight excluding hydrogens is 334 g/mol. The van der Waals surface area contributed by atoms with Crippen LogP contribution in [0.25, 0.3) is 10.9 Å². The molecule has 138 valence electrons. The zero-order valence-corrected chi connectivity index (χ0v) is 14.5. The van der Waals surface area contributed by atoms with Crippen LogP contribution in [0.3, 0.4) is 0 Å². The first kappa shape index (κ1) is 17.4. The molecule has 2 aromatic rings. The van der Waals surface area contributed by atoms with Gasteiger partial charge in [0.15, 0.2) is 0 Å². The summed E-state index contributed by atoms with van der Waals surface area (Å²) in [5, 5.41) is 20.9. The Labute approximate surface area is 151 Å². The van der Waals surface area contributed by atoms with Crippen LogP contribution in [0.15, 0.2) is 36.5 Å². The molecule has 0 aliphatic carbocycles. The van der Waals surface area contributed by atoms with E-state index >= 15 is 0 Å². The molecule has 0 radical (unpaired) electrons. The number of aliphatic hydroxyl groups excluding tert-OH is 2. The topological polar surface area (TPSA) is 86.1 Å². The highest BCUT2D eigenvalue weighted by molar-refractivity contribution is 6.06. The maximum absolute atomic E-state index is 13.0. The van der Waals surface area contributed by atoms with Crippen molar-refractivity contribution in [3.8, 4) is 0 Å². The molecule has 2 aliphatic heterocycles. The maximum atomic E-state index is 13.0. The zero-order chi connectivity index (χ0) is 18.1. The van der Waals surface area contributed by atoms with Crippen molar-refractivity contribution in [2.24, 2.45) is 0 Å². The largest absolute Gasteiger partial charge is 0.389 e. The molecule has 2 fully saturated rings. The van der Waals surface area contributed by atoms with Crippen molar-refractivity contribution in [3.05, 3.63) is 42.1 Å². The molecule has 3 heterocycles. The Kier molecular flexibility index (Phi) is 4.86. The van der Waals surface area contributed by atoms with E-state index in [1.54, 1.807) is 6.20 Å². The molecule has 1 aromatic heterocycles. The lowest BCUT2D eigenvalue weighted by Gasteiger charge is -2.43. The van der Waals surface area contributed by atoms with Gasteiger partial charge in [0, 0.05) is 43.3 Å². The number of carbonyl (C=O) groups is 1. The third kappa shape index (κ3) is 3.19. The SMILES string of the molecule is O=C(c1cccc2ncccc12)N1CCN([C@@H]2COC[C@@H](O)[C@H]2O)CC1. The van der Waals surface area contributed by atoms with Gasteiger partial charge >= 0.3 is 0 Å². The van der Waals surface area contributed by atoms with E-state index in [1.165, 1.54) is 0 Å². The zero-order valence-electron chi connectivity index (χ0n) is 14.5. The normalized spacial score (nSPS) is 27.6. The van der Waals surface area contributed by atoms with Crippen LogP contribution in [0.5, 0.6) is 0 Å². The summed E-state index contributed by atoms with van der Waals surface area (Å²) in [6.07, 6.45) is 0.0631. The van der Waals surface area contributed by atoms with Crippen LogP contribution < -0.4 is 0 Å². The fraction of sp³-hybridized carbons (Fsp3) is 0.474. The van der Waals surface area contributed by atoms with Gasteiger partial charge in [0.25, 0.3) is 5.91 Å². The number of hydrogen-bond acceptors (Lipinski definition) is 6. The number of benzene rings is 1. The molecule has 2 aliphatic rings. The van der Waals surface area contributed by atoms with Crippen LogP contribution in [0.4, 0.5) is 0 Å². The average Bonchev–Trinajstić information content (AvgIpc) is 2.69. The highest BCUT2D eigenvalue weighted by Crippen LogP contribution is 2.21. The van der Waals surface area contributed by atoms with Crippen molar-refractivity contribution in [2.75, 3.05) is 39.4 Å². The summed E-state index contributed by atoms with van der Waals surface area (Å²) in [7, 11) is 0. The third-order valence-corrected chi connectivity index (χ3v) is 5.31. The minimum atomic E-state index is -0.850. The highest BCUT2D eigenvalue weighted by Gasteiger charge is 2.37. The molecule has 4 rings (SSSR count). The monoisotopic (exact) mass is 357 g/mol. The van der Waals surface area contributed by atoms with Crippen LogP contribution in [-0.4, -0.2) is 88.5 Å². The Balaban J connectivity index is 1.45. The van der Waals surface area contributed by atoms with Gasteiger partial charge in [-0.2, -0.15) is 0 Å². The smallest absolute Gasteiger partial charge is 0.254 e. The number of aromatic nitrogens is 1. The summed E-state index contributed by atoms with van der Waals surface area (Å²) in [5.41, 5.74) is 1.48. The lowest BCUT2D eigenvalue weighted by atomic mass is 10.0. The fourth-order valence-electron chi connectivity index (χ4n) is 3.80. The first-order valence-corrected chi connectivity index (χ1v) is 8.96. The van der Waals surface area contributed by atoms with E-state index in [9.17, 15) is 15.0 Å². The Morgan fingerprint density at radius 2 is 1.88 bits per heavy atom. The molecule has 2 N–H and O–H groups in total. The standard InChI is InChI=1S/C19H23N3O4/c23-17-12-26-11-16(18(17)24)21-7-9-22(10-8-21)19(25)14-3-1-5-15-13(14)4-2-6-20-15/h1-6,16-18,23-24H,7-12H2/t16-,17-,18+/m1/s1. The van der Waals surface area contributed by atoms with Crippen LogP contribution in [0.1, 0.15) is 10.4 Å². The number of hydrogen-bond donors (Lipinski definition) is 2. The second-order valence-electron chi connectivity index (χ2n) is 6.87. The van der Waals surface area contributed by atoms with Gasteiger partial charge in [-0.05, 0) is 18.2 Å². The molecule has 3 atom stereocenters. The molecule has 0 bridgehead atoms. The van der Waals surface area contributed by atoms with Gasteiger partial charge in [-0.25, -0.2) is 0 Å². The summed E-state index contributed by atoms with van der Waals surface area (Å²) in [4.78, 5) is 21.2. The second-order valence-corrected chi connectivity index (χ2v) is 6.87. The minimum absolute atomic E-state index is 0.00345. The molecule has 7 heteroatoms. The lowest BCUT2D eigenvalue weighted by Crippen LogP contribution is -2.60. The van der Waals surface area contributed by atoms with Crippen molar-refractivity contribution >= 4 is 16.8 Å². The molecule has 7 nitrogen and oxygen atoms in total. The van der Waals surface area contributed by atoms with Crippen molar-refractivity contribution in [3.63, 3.8) is 0 Å². The summed E-state index contributed by atoms with van der Waals surface area (Å²) in [6, 6.07) is 9.14. The minimum Gasteiger partial charge on any atom is -0.389 e. The van der Waals surface area contributed by atoms with E-state index in [-0.39, 0.29) is 18.6 Å². The van der Waals surface area contributed by atoms with Gasteiger partial charge in [0.1, 0.15) is 6.10 Å². The fourth-order valence-corrected chi connectivity index (χ4v) is 3.80. The summed E-state index contributed by atoms with van der Waals surface area (Å²) >= 11 is 0. The first-order valence-electron chi connectivity index (χ1n) is 8.96. The Morgan fingerprint density at radius 3 is 2.69 bits per heavy atom. The lowest BCUT2D eigenvalue weighted by molar-refractivity contribution is -0.136. The number of rotatable bonds is 2. The summed E-state index contributed by atoms with van der Waals surface area (Å²) in [5.74, 6) is 0.00345. The average molecular weight is 357 g/mol. The number of ether oxygens (including phenoxy) is 1. The number of fused-ring (bicyclic) bond motifs is 1. The Morgan fingerprint density at radius 1 is 1.08 bits per heavy atom. The van der Waals surface area contributed by atoms with E-state index in [1.807, 2.05) is 35.2 Å². The quantitative estimate of drug-likeness (QED) is 0.794. The van der Waals surface area contributed by atoms with Crippen molar-refractivity contribution in [2.45, 2.75) is 18.2 Å². The van der Waals surface area contributed by atoms with E-state index in [2.05, 4.69) is 9.88 Å². The van der Waals surface area contributed by atoms with Crippen LogP contribution in [0.2, 0.25) is 0 Å². The van der Waals surface area contributed by atoms with E-state index in [4.69, 9.17) is 4.74 Å². The predicted octanol–water partition coefficient (Wildman–Crippen LogP) is 0.113. The van der Waals surface area contributed by atoms with E-state index in [0.29, 0.717) is 38.3 Å². The number of carbonyl (C=O) groups excluding carboxylic acids is 1. The van der Waals surface area contributed by atoms with Crippen molar-refractivity contribution in [1.82, 2.24) is 14.8 Å². The number of aliphatic hydroxyl groups is 2. The van der Waals surface area contributed by atoms with Crippen LogP contribution >= 0.6 is 0 Å². The number of piperazine rings is 1. The molecule has 1 amide bonds. The molecule has 1 aromatic carbocycles. The van der Waals surface area contributed by atoms with Crippen LogP contribution in [-0.2, 0) is 4.74 Å². The summed E-state index contributed by atoms with van der Waals surface area (Å²) in [6.45, 7) is 3.02. The molecular formula is C19H23N3O4. The number of amides is 1. The van der Waals surface area contributed by atoms with Crippen molar-refractivity contribution < 1.29 is 19.7 Å². The summed E-state index contributed by atoms with van der Waals surface area (Å²) < 4.78 is 5.37. The van der Waals surface area contributed by atoms with Gasteiger partial charge in [-0.15, -0.1) is 0 Å². The van der Waals surface area contributed by atoms with Gasteiger partial charge in [-0.1, -0.05) is 12.1 Å². The predicted molar refractivity (Wildman–Crippen MR) is 95.8 cm³/mol. The molecule has 2 saturated heterocycles. The van der Waals surface area contributed by atoms with Gasteiger partial charge in [0.2, 0.25) is 0 Å². The van der Waals surface area contributed by atoms with E-state index < -0.39 is 12.2 Å².